The van der Waals surface area contributed by atoms with Crippen LogP contribution in [0.2, 0.25) is 0 Å². The van der Waals surface area contributed by atoms with Gasteiger partial charge >= 0.3 is 11.9 Å². The maximum atomic E-state index is 12.0. The Morgan fingerprint density at radius 3 is 2.39 bits per heavy atom. The van der Waals surface area contributed by atoms with Crippen molar-refractivity contribution in [1.82, 2.24) is 14.8 Å². The molecule has 1 aromatic rings. The van der Waals surface area contributed by atoms with Crippen LogP contribution in [0.1, 0.15) is 39.5 Å². The lowest BCUT2D eigenvalue weighted by Gasteiger charge is -2.27. The predicted octanol–water partition coefficient (Wildman–Crippen LogP) is 0.447. The van der Waals surface area contributed by atoms with Crippen LogP contribution in [-0.4, -0.2) is 67.0 Å². The molecule has 0 saturated carbocycles. The molecule has 124 valence electrons. The first-order valence-electron chi connectivity index (χ1n) is 7.04. The van der Waals surface area contributed by atoms with Gasteiger partial charge in [0.15, 0.2) is 5.69 Å². The number of esters is 2. The lowest BCUT2D eigenvalue weighted by Crippen LogP contribution is -2.32. The van der Waals surface area contributed by atoms with Gasteiger partial charge in [0.2, 0.25) is 5.91 Å². The van der Waals surface area contributed by atoms with Gasteiger partial charge in [-0.1, -0.05) is 0 Å². The van der Waals surface area contributed by atoms with Crippen LogP contribution in [0.3, 0.4) is 0 Å². The van der Waals surface area contributed by atoms with Crippen LogP contribution in [0.15, 0.2) is 12.3 Å². The molecule has 0 spiro atoms. The van der Waals surface area contributed by atoms with Crippen molar-refractivity contribution >= 4 is 17.8 Å². The maximum Gasteiger partial charge on any atom is 0.357 e. The highest BCUT2D eigenvalue weighted by Crippen LogP contribution is 2.29. The fourth-order valence-corrected chi connectivity index (χ4v) is 2.66. The molecule has 0 radical (unpaired) electrons. The SMILES string of the molecule is COC(=O)c1cc(C2N(C)CCN2C(C)=O)cnc1C(=O)OC. The summed E-state index contributed by atoms with van der Waals surface area (Å²) in [6.45, 7) is 2.78. The van der Waals surface area contributed by atoms with Crippen molar-refractivity contribution in [2.75, 3.05) is 34.4 Å². The number of methoxy groups -OCH3 is 2. The first kappa shape index (κ1) is 16.9. The lowest BCUT2D eigenvalue weighted by molar-refractivity contribution is -0.131. The van der Waals surface area contributed by atoms with Gasteiger partial charge < -0.3 is 14.4 Å². The molecule has 0 aromatic carbocycles. The quantitative estimate of drug-likeness (QED) is 0.747. The van der Waals surface area contributed by atoms with E-state index in [-0.39, 0.29) is 23.3 Å². The molecule has 1 unspecified atom stereocenters. The van der Waals surface area contributed by atoms with Gasteiger partial charge in [0.25, 0.3) is 0 Å². The molecule has 23 heavy (non-hydrogen) atoms. The van der Waals surface area contributed by atoms with Crippen LogP contribution in [0.4, 0.5) is 0 Å². The van der Waals surface area contributed by atoms with E-state index in [9.17, 15) is 14.4 Å². The molecule has 8 nitrogen and oxygen atoms in total. The van der Waals surface area contributed by atoms with Gasteiger partial charge in [0.1, 0.15) is 6.17 Å². The highest BCUT2D eigenvalue weighted by Gasteiger charge is 2.34. The largest absolute Gasteiger partial charge is 0.465 e. The number of carbonyl (C=O) groups is 3. The van der Waals surface area contributed by atoms with E-state index in [2.05, 4.69) is 9.72 Å². The lowest BCUT2D eigenvalue weighted by atomic mass is 10.1. The van der Waals surface area contributed by atoms with E-state index in [1.54, 1.807) is 4.90 Å². The van der Waals surface area contributed by atoms with E-state index in [0.717, 1.165) is 0 Å². The Morgan fingerprint density at radius 1 is 1.17 bits per heavy atom. The topological polar surface area (TPSA) is 89.0 Å². The highest BCUT2D eigenvalue weighted by molar-refractivity contribution is 6.01. The van der Waals surface area contributed by atoms with Gasteiger partial charge in [0.05, 0.1) is 19.8 Å². The average Bonchev–Trinajstić information content (AvgIpc) is 2.94. The second-order valence-corrected chi connectivity index (χ2v) is 5.21. The molecule has 0 bridgehead atoms. The maximum absolute atomic E-state index is 12.0. The Bertz CT molecular complexity index is 646. The van der Waals surface area contributed by atoms with Crippen molar-refractivity contribution in [2.24, 2.45) is 0 Å². The summed E-state index contributed by atoms with van der Waals surface area (Å²) in [5.74, 6) is -1.48. The van der Waals surface area contributed by atoms with Crippen molar-refractivity contribution in [3.05, 3.63) is 29.1 Å². The number of hydrogen-bond donors (Lipinski definition) is 0. The molecule has 8 heteroatoms. The number of ether oxygens (including phenoxy) is 2. The average molecular weight is 321 g/mol. The summed E-state index contributed by atoms with van der Waals surface area (Å²) in [6.07, 6.45) is 1.14. The fraction of sp³-hybridized carbons (Fsp3) is 0.467. The second-order valence-electron chi connectivity index (χ2n) is 5.21. The Hall–Kier alpha value is -2.48. The fourth-order valence-electron chi connectivity index (χ4n) is 2.66. The Kier molecular flexibility index (Phi) is 4.95. The third-order valence-corrected chi connectivity index (χ3v) is 3.80. The normalized spacial score (nSPS) is 17.9. The molecule has 1 aliphatic heterocycles. The zero-order valence-corrected chi connectivity index (χ0v) is 13.5. The van der Waals surface area contributed by atoms with Crippen LogP contribution in [0, 0.1) is 0 Å². The molecule has 1 aliphatic rings. The van der Waals surface area contributed by atoms with Crippen LogP contribution >= 0.6 is 0 Å². The van der Waals surface area contributed by atoms with E-state index in [0.29, 0.717) is 18.7 Å². The predicted molar refractivity (Wildman–Crippen MR) is 79.7 cm³/mol. The summed E-state index contributed by atoms with van der Waals surface area (Å²) in [5.41, 5.74) is 0.534. The van der Waals surface area contributed by atoms with E-state index >= 15 is 0 Å². The van der Waals surface area contributed by atoms with Crippen molar-refractivity contribution < 1.29 is 23.9 Å². The van der Waals surface area contributed by atoms with Crippen LogP contribution in [0.25, 0.3) is 0 Å². The minimum atomic E-state index is -0.722. The molecule has 2 heterocycles. The van der Waals surface area contributed by atoms with Crippen molar-refractivity contribution in [3.8, 4) is 0 Å². The van der Waals surface area contributed by atoms with Crippen LogP contribution in [-0.2, 0) is 14.3 Å². The number of nitrogens with zero attached hydrogens (tertiary/aromatic N) is 3. The second kappa shape index (κ2) is 6.74. The van der Waals surface area contributed by atoms with Gasteiger partial charge in [-0.25, -0.2) is 14.6 Å². The molecular weight excluding hydrogens is 302 g/mol. The summed E-state index contributed by atoms with van der Waals surface area (Å²) < 4.78 is 9.34. The number of pyridine rings is 1. The molecule has 0 N–H and O–H groups in total. The molecule has 1 fully saturated rings. The monoisotopic (exact) mass is 321 g/mol. The molecule has 2 rings (SSSR count). The van der Waals surface area contributed by atoms with Gasteiger partial charge in [-0.15, -0.1) is 0 Å². The van der Waals surface area contributed by atoms with Gasteiger partial charge in [0, 0.05) is 31.8 Å². The first-order chi connectivity index (χ1) is 10.9. The summed E-state index contributed by atoms with van der Waals surface area (Å²) in [5, 5.41) is 0. The van der Waals surface area contributed by atoms with Gasteiger partial charge in [-0.2, -0.15) is 0 Å². The third kappa shape index (κ3) is 3.16. The van der Waals surface area contributed by atoms with Crippen LogP contribution in [0.5, 0.6) is 0 Å². The standard InChI is InChI=1S/C15H19N3O5/c1-9(19)18-6-5-17(2)13(18)10-7-11(14(20)22-3)12(16-8-10)15(21)23-4/h7-8,13H,5-6H2,1-4H3. The van der Waals surface area contributed by atoms with E-state index in [4.69, 9.17) is 4.74 Å². The van der Waals surface area contributed by atoms with E-state index in [1.165, 1.54) is 33.4 Å². The summed E-state index contributed by atoms with van der Waals surface area (Å²) in [6, 6.07) is 1.52. The van der Waals surface area contributed by atoms with Gasteiger partial charge in [-0.3, -0.25) is 9.69 Å². The number of amides is 1. The summed E-state index contributed by atoms with van der Waals surface area (Å²) >= 11 is 0. The van der Waals surface area contributed by atoms with Crippen LogP contribution < -0.4 is 0 Å². The smallest absolute Gasteiger partial charge is 0.357 e. The molecule has 1 aromatic heterocycles. The molecule has 0 aliphatic carbocycles. The number of aromatic nitrogens is 1. The third-order valence-electron chi connectivity index (χ3n) is 3.80. The summed E-state index contributed by atoms with van der Waals surface area (Å²) in [4.78, 5) is 43.2. The molecular formula is C15H19N3O5. The molecule has 1 saturated heterocycles. The highest BCUT2D eigenvalue weighted by atomic mass is 16.5. The summed E-state index contributed by atoms with van der Waals surface area (Å²) in [7, 11) is 4.31. The van der Waals surface area contributed by atoms with E-state index in [1.807, 2.05) is 11.9 Å². The number of hydrogen-bond acceptors (Lipinski definition) is 7. The minimum Gasteiger partial charge on any atom is -0.465 e. The first-order valence-corrected chi connectivity index (χ1v) is 7.04. The van der Waals surface area contributed by atoms with E-state index < -0.39 is 11.9 Å². The number of likely N-dealkylation sites (N-methyl/N-ethyl adjacent to an activating group) is 1. The zero-order chi connectivity index (χ0) is 17.1. The molecule has 1 atom stereocenters. The van der Waals surface area contributed by atoms with Crippen molar-refractivity contribution in [3.63, 3.8) is 0 Å². The Morgan fingerprint density at radius 2 is 1.83 bits per heavy atom. The van der Waals surface area contributed by atoms with Gasteiger partial charge in [-0.05, 0) is 13.1 Å². The minimum absolute atomic E-state index is 0.0145. The molecule has 1 amide bonds. The Labute approximate surface area is 134 Å². The number of rotatable bonds is 3. The number of carbonyl (C=O) groups excluding carboxylic acids is 3. The zero-order valence-electron chi connectivity index (χ0n) is 13.5. The van der Waals surface area contributed by atoms with Crippen molar-refractivity contribution in [2.45, 2.75) is 13.1 Å². The van der Waals surface area contributed by atoms with Crippen molar-refractivity contribution in [1.29, 1.82) is 0 Å². The Balaban J connectivity index is 2.50.